The Kier molecular flexibility index (Phi) is 3.52. The lowest BCUT2D eigenvalue weighted by atomic mass is 10.1. The van der Waals surface area contributed by atoms with Crippen molar-refractivity contribution >= 4 is 11.6 Å². The first-order chi connectivity index (χ1) is 8.74. The average molecular weight is 255 g/mol. The van der Waals surface area contributed by atoms with Crippen molar-refractivity contribution in [2.24, 2.45) is 0 Å². The molecule has 5 heteroatoms. The number of halogens is 1. The Balaban J connectivity index is 2.53. The number of nitriles is 2. The zero-order valence-electron chi connectivity index (χ0n) is 9.21. The molecule has 0 unspecified atom stereocenters. The summed E-state index contributed by atoms with van der Waals surface area (Å²) in [6, 6.07) is 14.4. The molecular formula is C13H7ClN4. The van der Waals surface area contributed by atoms with E-state index in [1.54, 1.807) is 0 Å². The summed E-state index contributed by atoms with van der Waals surface area (Å²) < 4.78 is 0. The molecular weight excluding hydrogens is 248 g/mol. The van der Waals surface area contributed by atoms with Gasteiger partial charge in [-0.15, -0.1) is 0 Å². The first-order valence-electron chi connectivity index (χ1n) is 5.13. The summed E-state index contributed by atoms with van der Waals surface area (Å²) in [5.41, 5.74) is 1.11. The van der Waals surface area contributed by atoms with Gasteiger partial charge < -0.3 is 0 Å². The quantitative estimate of drug-likeness (QED) is 0.773. The van der Waals surface area contributed by atoms with E-state index >= 15 is 0 Å². The van der Waals surface area contributed by atoms with Crippen molar-refractivity contribution in [3.8, 4) is 23.5 Å². The van der Waals surface area contributed by atoms with Crippen LogP contribution in [0.15, 0.2) is 36.4 Å². The third kappa shape index (κ3) is 2.45. The Morgan fingerprint density at radius 2 is 1.72 bits per heavy atom. The molecule has 18 heavy (non-hydrogen) atoms. The first-order valence-corrected chi connectivity index (χ1v) is 5.51. The van der Waals surface area contributed by atoms with Gasteiger partial charge in [-0.1, -0.05) is 41.9 Å². The summed E-state index contributed by atoms with van der Waals surface area (Å²) in [6.07, 6.45) is 0. The van der Waals surface area contributed by atoms with Gasteiger partial charge >= 0.3 is 0 Å². The SMILES string of the molecule is N#CC(C#N)c1cc(Cl)nc(-c2ccccc2)n1. The lowest BCUT2D eigenvalue weighted by molar-refractivity contribution is 0.988. The monoisotopic (exact) mass is 254 g/mol. The second kappa shape index (κ2) is 5.27. The van der Waals surface area contributed by atoms with Gasteiger partial charge in [-0.3, -0.25) is 0 Å². The van der Waals surface area contributed by atoms with Crippen LogP contribution in [0, 0.1) is 22.7 Å². The molecule has 0 bridgehead atoms. The molecule has 0 radical (unpaired) electrons. The predicted molar refractivity (Wildman–Crippen MR) is 66.4 cm³/mol. The smallest absolute Gasteiger partial charge is 0.175 e. The van der Waals surface area contributed by atoms with Gasteiger partial charge in [0.1, 0.15) is 5.15 Å². The number of benzene rings is 1. The molecule has 1 aromatic heterocycles. The molecule has 86 valence electrons. The fourth-order valence-electron chi connectivity index (χ4n) is 1.46. The predicted octanol–water partition coefficient (Wildman–Crippen LogP) is 2.93. The second-order valence-corrected chi connectivity index (χ2v) is 3.88. The molecule has 0 aliphatic heterocycles. The Bertz CT molecular complexity index is 626. The fraction of sp³-hybridized carbons (Fsp3) is 0.0769. The minimum atomic E-state index is -0.937. The molecule has 2 rings (SSSR count). The summed E-state index contributed by atoms with van der Waals surface area (Å²) >= 11 is 5.89. The van der Waals surface area contributed by atoms with Crippen LogP contribution in [0.3, 0.4) is 0 Å². The molecule has 0 saturated carbocycles. The van der Waals surface area contributed by atoms with E-state index in [0.29, 0.717) is 11.5 Å². The maximum absolute atomic E-state index is 8.86. The third-order valence-corrected chi connectivity index (χ3v) is 2.49. The van der Waals surface area contributed by atoms with Crippen LogP contribution in [-0.4, -0.2) is 9.97 Å². The third-order valence-electron chi connectivity index (χ3n) is 2.30. The summed E-state index contributed by atoms with van der Waals surface area (Å²) in [6.45, 7) is 0. The molecule has 2 aromatic rings. The van der Waals surface area contributed by atoms with Crippen molar-refractivity contribution in [1.29, 1.82) is 10.5 Å². The van der Waals surface area contributed by atoms with Crippen LogP contribution in [0.5, 0.6) is 0 Å². The van der Waals surface area contributed by atoms with Crippen molar-refractivity contribution in [3.63, 3.8) is 0 Å². The summed E-state index contributed by atoms with van der Waals surface area (Å²) in [4.78, 5) is 8.30. The van der Waals surface area contributed by atoms with E-state index in [4.69, 9.17) is 22.1 Å². The normalized spacial score (nSPS) is 9.78. The zero-order chi connectivity index (χ0) is 13.0. The topological polar surface area (TPSA) is 73.4 Å². The van der Waals surface area contributed by atoms with E-state index in [0.717, 1.165) is 5.56 Å². The number of hydrogen-bond acceptors (Lipinski definition) is 4. The van der Waals surface area contributed by atoms with Crippen molar-refractivity contribution < 1.29 is 0 Å². The van der Waals surface area contributed by atoms with E-state index in [-0.39, 0.29) is 5.15 Å². The van der Waals surface area contributed by atoms with Crippen LogP contribution in [0.1, 0.15) is 11.6 Å². The molecule has 0 saturated heterocycles. The highest BCUT2D eigenvalue weighted by molar-refractivity contribution is 6.29. The van der Waals surface area contributed by atoms with Crippen LogP contribution in [0.25, 0.3) is 11.4 Å². The van der Waals surface area contributed by atoms with Crippen LogP contribution in [0.2, 0.25) is 5.15 Å². The number of nitrogens with zero attached hydrogens (tertiary/aromatic N) is 4. The van der Waals surface area contributed by atoms with Gasteiger partial charge in [0.25, 0.3) is 0 Å². The van der Waals surface area contributed by atoms with Gasteiger partial charge in [-0.05, 0) is 6.07 Å². The largest absolute Gasteiger partial charge is 0.230 e. The molecule has 0 spiro atoms. The van der Waals surface area contributed by atoms with Crippen molar-refractivity contribution in [1.82, 2.24) is 9.97 Å². The summed E-state index contributed by atoms with van der Waals surface area (Å²) in [5, 5.41) is 17.9. The van der Waals surface area contributed by atoms with Gasteiger partial charge in [0.2, 0.25) is 0 Å². The molecule has 0 aliphatic carbocycles. The highest BCUT2D eigenvalue weighted by atomic mass is 35.5. The number of aromatic nitrogens is 2. The van der Waals surface area contributed by atoms with Gasteiger partial charge in [0, 0.05) is 5.56 Å². The van der Waals surface area contributed by atoms with Crippen LogP contribution in [0.4, 0.5) is 0 Å². The van der Waals surface area contributed by atoms with E-state index < -0.39 is 5.92 Å². The highest BCUT2D eigenvalue weighted by Crippen LogP contribution is 2.21. The van der Waals surface area contributed by atoms with E-state index in [1.807, 2.05) is 42.5 Å². The van der Waals surface area contributed by atoms with Gasteiger partial charge in [0.05, 0.1) is 17.8 Å². The molecule has 1 aromatic carbocycles. The lowest BCUT2D eigenvalue weighted by Crippen LogP contribution is -2.00. The summed E-state index contributed by atoms with van der Waals surface area (Å²) in [7, 11) is 0. The minimum Gasteiger partial charge on any atom is -0.230 e. The maximum atomic E-state index is 8.86. The van der Waals surface area contributed by atoms with Gasteiger partial charge in [-0.2, -0.15) is 10.5 Å². The van der Waals surface area contributed by atoms with Crippen molar-refractivity contribution in [2.45, 2.75) is 5.92 Å². The Morgan fingerprint density at radius 3 is 2.33 bits per heavy atom. The van der Waals surface area contributed by atoms with Gasteiger partial charge in [0.15, 0.2) is 11.7 Å². The lowest BCUT2D eigenvalue weighted by Gasteiger charge is -2.05. The molecule has 0 N–H and O–H groups in total. The molecule has 0 atom stereocenters. The van der Waals surface area contributed by atoms with Crippen molar-refractivity contribution in [2.75, 3.05) is 0 Å². The first kappa shape index (κ1) is 12.0. The van der Waals surface area contributed by atoms with Gasteiger partial charge in [-0.25, -0.2) is 9.97 Å². The molecule has 0 aliphatic rings. The Morgan fingerprint density at radius 1 is 1.06 bits per heavy atom. The fourth-order valence-corrected chi connectivity index (χ4v) is 1.65. The average Bonchev–Trinajstić information content (AvgIpc) is 2.40. The van der Waals surface area contributed by atoms with E-state index in [2.05, 4.69) is 9.97 Å². The summed E-state index contributed by atoms with van der Waals surface area (Å²) in [5.74, 6) is -0.526. The Labute approximate surface area is 109 Å². The van der Waals surface area contributed by atoms with Crippen LogP contribution >= 0.6 is 11.6 Å². The van der Waals surface area contributed by atoms with E-state index in [1.165, 1.54) is 6.07 Å². The molecule has 0 fully saturated rings. The molecule has 1 heterocycles. The maximum Gasteiger partial charge on any atom is 0.175 e. The molecule has 4 nitrogen and oxygen atoms in total. The number of rotatable bonds is 2. The van der Waals surface area contributed by atoms with Crippen LogP contribution in [-0.2, 0) is 0 Å². The van der Waals surface area contributed by atoms with Crippen molar-refractivity contribution in [3.05, 3.63) is 47.2 Å². The highest BCUT2D eigenvalue weighted by Gasteiger charge is 2.14. The number of hydrogen-bond donors (Lipinski definition) is 0. The second-order valence-electron chi connectivity index (χ2n) is 3.50. The molecule has 0 amide bonds. The van der Waals surface area contributed by atoms with Crippen LogP contribution < -0.4 is 0 Å². The minimum absolute atomic E-state index is 0.217. The zero-order valence-corrected chi connectivity index (χ0v) is 9.96. The standard InChI is InChI=1S/C13H7ClN4/c14-12-6-11(10(7-15)8-16)17-13(18-12)9-4-2-1-3-5-9/h1-6,10H. The van der Waals surface area contributed by atoms with E-state index in [9.17, 15) is 0 Å². The Hall–Kier alpha value is -2.43.